The summed E-state index contributed by atoms with van der Waals surface area (Å²) in [6.07, 6.45) is 2.17. The minimum Gasteiger partial charge on any atom is -0.497 e. The molecule has 1 heterocycles. The van der Waals surface area contributed by atoms with Gasteiger partial charge in [0.25, 0.3) is 0 Å². The van der Waals surface area contributed by atoms with Crippen molar-refractivity contribution in [3.05, 3.63) is 84.0 Å². The zero-order valence-electron chi connectivity index (χ0n) is 31.9. The van der Waals surface area contributed by atoms with Gasteiger partial charge in [0.15, 0.2) is 11.6 Å². The van der Waals surface area contributed by atoms with Crippen LogP contribution >= 0.6 is 0 Å². The molecular weight excluding hydrogens is 735 g/mol. The number of H-pyrrole nitrogens is 1. The third-order valence-corrected chi connectivity index (χ3v) is 7.14. The fraction of sp³-hybridized carbons (Fsp3) is 0.351. The third kappa shape index (κ3) is 14.0. The first kappa shape index (κ1) is 43.8. The molecule has 18 nitrogen and oxygen atoms in total. The van der Waals surface area contributed by atoms with Crippen molar-refractivity contribution < 1.29 is 56.9 Å². The molecule has 1 atom stereocenters. The number of methoxy groups -OCH3 is 2. The Morgan fingerprint density at radius 1 is 1.07 bits per heavy atom. The van der Waals surface area contributed by atoms with Crippen LogP contribution in [0, 0.1) is 16.6 Å². The van der Waals surface area contributed by atoms with Crippen molar-refractivity contribution in [3.63, 3.8) is 0 Å². The number of benzene rings is 2. The third-order valence-electron chi connectivity index (χ3n) is 7.14. The van der Waals surface area contributed by atoms with E-state index in [4.69, 9.17) is 44.3 Å². The molecule has 6 N–H and O–H groups in total. The lowest BCUT2D eigenvalue weighted by atomic mass is 9.95. The number of alkyl carbamates (subject to hydrolysis) is 1. The predicted octanol–water partition coefficient (Wildman–Crippen LogP) is 4.00. The van der Waals surface area contributed by atoms with Crippen LogP contribution in [0.5, 0.6) is 11.5 Å². The second-order valence-electron chi connectivity index (χ2n) is 12.5. The number of halogens is 1. The van der Waals surface area contributed by atoms with Crippen molar-refractivity contribution in [2.24, 2.45) is 21.1 Å². The number of nitrogens with zero attached hydrogens (tertiary/aromatic N) is 3. The standard InChI is InChI=1S/C37H45FN8O10/c1-22(2)19-54-36(49)45-31(39)24-9-11-25(12-10-24)43-30(27-17-26(51-7)18-28(29(27)38)53-16-15-52-23(3)47)32(40)44-35(46-34-41-13-8-14-42-34)56-21-55-33(48)37(4,5)20-50-6/h8-14,17-18,30,43H,1,15-16,19-21H2,2-7H3,(H2,39,45,49)(H2,40,41,42,44,46)/p+1. The number of nitrogens with two attached hydrogens (primary N) is 1. The Bertz CT molecular complexity index is 1910. The first-order valence-electron chi connectivity index (χ1n) is 16.8. The van der Waals surface area contributed by atoms with Crippen LogP contribution in [-0.2, 0) is 33.3 Å². The van der Waals surface area contributed by atoms with Crippen LogP contribution < -0.4 is 30.8 Å². The molecule has 0 saturated carbocycles. The molecule has 1 amide bonds. The highest BCUT2D eigenvalue weighted by molar-refractivity contribution is 6.04. The molecule has 0 aliphatic rings. The van der Waals surface area contributed by atoms with Gasteiger partial charge in [-0.05, 0) is 61.7 Å². The summed E-state index contributed by atoms with van der Waals surface area (Å²) in [4.78, 5) is 51.5. The number of amides is 1. The van der Waals surface area contributed by atoms with Crippen LogP contribution in [0.3, 0.4) is 0 Å². The van der Waals surface area contributed by atoms with Crippen molar-refractivity contribution in [3.8, 4) is 11.5 Å². The van der Waals surface area contributed by atoms with Crippen molar-refractivity contribution in [1.29, 1.82) is 5.41 Å². The van der Waals surface area contributed by atoms with E-state index in [9.17, 15) is 14.4 Å². The van der Waals surface area contributed by atoms with E-state index in [1.165, 1.54) is 51.6 Å². The van der Waals surface area contributed by atoms with Crippen LogP contribution in [0.1, 0.15) is 44.9 Å². The number of aromatic nitrogens is 2. The van der Waals surface area contributed by atoms with Gasteiger partial charge < -0.3 is 44.2 Å². The highest BCUT2D eigenvalue weighted by atomic mass is 19.1. The first-order valence-corrected chi connectivity index (χ1v) is 16.8. The van der Waals surface area contributed by atoms with Gasteiger partial charge in [0.2, 0.25) is 6.79 Å². The van der Waals surface area contributed by atoms with Gasteiger partial charge in [-0.1, -0.05) is 11.6 Å². The number of carbonyl (C=O) groups is 3. The maximum Gasteiger partial charge on any atom is 0.435 e. The number of anilines is 1. The van der Waals surface area contributed by atoms with Crippen molar-refractivity contribution >= 4 is 47.4 Å². The summed E-state index contributed by atoms with van der Waals surface area (Å²) in [6, 6.07) is 8.71. The number of aromatic amines is 1. The lowest BCUT2D eigenvalue weighted by molar-refractivity contribution is -0.366. The van der Waals surface area contributed by atoms with Gasteiger partial charge in [-0.2, -0.15) is 4.99 Å². The number of nitrogens with one attached hydrogen (secondary N) is 4. The SMILES string of the molecule is C=C(C)COC(=O)NC(=N)c1ccc(NC(/C(N)=N/C(=N/c2nccc[nH+]2)OCOC(=O)C(C)(C)COC)c2cc(OC)cc(OCCOC(C)=O)c2F)cc1. The molecule has 0 aliphatic heterocycles. The molecule has 2 aromatic carbocycles. The number of esters is 2. The average Bonchev–Trinajstić information content (AvgIpc) is 3.15. The van der Waals surface area contributed by atoms with Gasteiger partial charge in [0.05, 0.1) is 25.3 Å². The highest BCUT2D eigenvalue weighted by Gasteiger charge is 2.30. The Kier molecular flexibility index (Phi) is 16.7. The van der Waals surface area contributed by atoms with Crippen molar-refractivity contribution in [2.75, 3.05) is 52.8 Å². The van der Waals surface area contributed by atoms with Crippen LogP contribution in [0.4, 0.5) is 20.8 Å². The average molecular weight is 782 g/mol. The Labute approximate surface area is 322 Å². The molecule has 3 aromatic rings. The minimum atomic E-state index is -1.30. The van der Waals surface area contributed by atoms with Crippen LogP contribution in [0.25, 0.3) is 0 Å². The summed E-state index contributed by atoms with van der Waals surface area (Å²) in [5.41, 5.74) is 6.80. The molecule has 0 spiro atoms. The van der Waals surface area contributed by atoms with Crippen LogP contribution in [-0.4, -0.2) is 88.1 Å². The van der Waals surface area contributed by atoms with Crippen molar-refractivity contribution in [2.45, 2.75) is 33.7 Å². The maximum atomic E-state index is 16.4. The summed E-state index contributed by atoms with van der Waals surface area (Å²) in [5.74, 6) is -2.62. The first-order chi connectivity index (χ1) is 26.6. The molecule has 56 heavy (non-hydrogen) atoms. The smallest absolute Gasteiger partial charge is 0.435 e. The summed E-state index contributed by atoms with van der Waals surface area (Å²) >= 11 is 0. The van der Waals surface area contributed by atoms with E-state index in [2.05, 4.69) is 37.2 Å². The van der Waals surface area contributed by atoms with Crippen LogP contribution in [0.2, 0.25) is 0 Å². The minimum absolute atomic E-state index is 0.0125. The molecule has 300 valence electrons. The number of rotatable bonds is 18. The zero-order chi connectivity index (χ0) is 41.3. The molecule has 0 aliphatic carbocycles. The van der Waals surface area contributed by atoms with Gasteiger partial charge in [0.1, 0.15) is 49.5 Å². The summed E-state index contributed by atoms with van der Waals surface area (Å²) < 4.78 is 53.3. The van der Waals surface area contributed by atoms with E-state index in [0.29, 0.717) is 16.8 Å². The quantitative estimate of drug-likeness (QED) is 0.0272. The molecule has 0 fully saturated rings. The molecule has 1 aromatic heterocycles. The second-order valence-corrected chi connectivity index (χ2v) is 12.5. The van der Waals surface area contributed by atoms with Gasteiger partial charge in [-0.3, -0.25) is 20.3 Å². The van der Waals surface area contributed by atoms with Gasteiger partial charge in [-0.25, -0.2) is 14.2 Å². The fourth-order valence-electron chi connectivity index (χ4n) is 4.46. The lowest BCUT2D eigenvalue weighted by Crippen LogP contribution is -2.33. The second kappa shape index (κ2) is 21.3. The van der Waals surface area contributed by atoms with E-state index in [0.717, 1.165) is 0 Å². The van der Waals surface area contributed by atoms with Gasteiger partial charge in [0, 0.05) is 43.0 Å². The highest BCUT2D eigenvalue weighted by Crippen LogP contribution is 2.33. The Balaban J connectivity index is 2.05. The fourth-order valence-corrected chi connectivity index (χ4v) is 4.46. The Hall–Kier alpha value is -6.63. The van der Waals surface area contributed by atoms with Crippen LogP contribution in [0.15, 0.2) is 77.0 Å². The molecule has 0 saturated heterocycles. The van der Waals surface area contributed by atoms with E-state index in [1.54, 1.807) is 45.2 Å². The normalized spacial score (nSPS) is 12.1. The summed E-state index contributed by atoms with van der Waals surface area (Å²) in [6.45, 7) is 8.94. The molecule has 3 rings (SSSR count). The monoisotopic (exact) mass is 781 g/mol. The van der Waals surface area contributed by atoms with Gasteiger partial charge in [-0.15, -0.1) is 0 Å². The number of aliphatic imine (C=N–C) groups is 2. The van der Waals surface area contributed by atoms with Gasteiger partial charge >= 0.3 is 30.0 Å². The van der Waals surface area contributed by atoms with E-state index in [1.807, 2.05) is 0 Å². The molecule has 0 radical (unpaired) electrons. The van der Waals surface area contributed by atoms with E-state index in [-0.39, 0.29) is 61.1 Å². The molecular formula is C37H46FN8O10+. The maximum absolute atomic E-state index is 16.4. The Morgan fingerprint density at radius 2 is 1.80 bits per heavy atom. The zero-order valence-corrected chi connectivity index (χ0v) is 31.9. The number of hydrogen-bond donors (Lipinski definition) is 4. The summed E-state index contributed by atoms with van der Waals surface area (Å²) in [5, 5.41) is 13.7. The molecule has 0 bridgehead atoms. The predicted molar refractivity (Wildman–Crippen MR) is 201 cm³/mol. The largest absolute Gasteiger partial charge is 0.497 e. The number of hydrogen-bond acceptors (Lipinski definition) is 14. The summed E-state index contributed by atoms with van der Waals surface area (Å²) in [7, 11) is 2.82. The van der Waals surface area contributed by atoms with E-state index >= 15 is 4.39 Å². The molecule has 1 unspecified atom stereocenters. The molecule has 19 heteroatoms. The van der Waals surface area contributed by atoms with Crippen molar-refractivity contribution in [1.82, 2.24) is 10.3 Å². The number of amidine groups is 3. The lowest BCUT2D eigenvalue weighted by Gasteiger charge is -2.23. The number of carbonyl (C=O) groups excluding carboxylic acids is 3. The topological polar surface area (TPSA) is 241 Å². The van der Waals surface area contributed by atoms with E-state index < -0.39 is 48.1 Å². The Morgan fingerprint density at radius 3 is 2.43 bits per heavy atom. The number of ether oxygens (including phenoxy) is 7.